The predicted molar refractivity (Wildman–Crippen MR) is 110 cm³/mol. The third kappa shape index (κ3) is 8.84. The fourth-order valence-electron chi connectivity index (χ4n) is 2.06. The fourth-order valence-corrected chi connectivity index (χ4v) is 2.06. The fraction of sp³-hybridized carbons (Fsp3) is 0.429. The van der Waals surface area contributed by atoms with E-state index in [-0.39, 0.29) is 34.3 Å². The van der Waals surface area contributed by atoms with Crippen molar-refractivity contribution in [2.75, 3.05) is 26.4 Å². The van der Waals surface area contributed by atoms with Gasteiger partial charge < -0.3 is 35.4 Å². The van der Waals surface area contributed by atoms with Crippen LogP contribution in [0, 0.1) is 5.41 Å². The predicted octanol–water partition coefficient (Wildman–Crippen LogP) is 0.272. The maximum Gasteiger partial charge on any atom is 0.334 e. The number of hydrogen-bond donors (Lipinski definition) is 6. The quantitative estimate of drug-likeness (QED) is 0.126. The highest BCUT2D eigenvalue weighted by atomic mass is 16.5. The van der Waals surface area contributed by atoms with Crippen LogP contribution >= 0.6 is 0 Å². The Morgan fingerprint density at radius 3 is 1.50 bits per heavy atom. The molecule has 11 nitrogen and oxygen atoms in total. The molecular formula is C21H28O11. The Hall–Kier alpha value is -3.28. The van der Waals surface area contributed by atoms with Gasteiger partial charge in [0.1, 0.15) is 6.61 Å². The van der Waals surface area contributed by atoms with Gasteiger partial charge >= 0.3 is 23.9 Å². The molecule has 0 amide bonds. The lowest BCUT2D eigenvalue weighted by atomic mass is 9.92. The molecule has 0 aliphatic rings. The van der Waals surface area contributed by atoms with E-state index in [1.54, 1.807) is 0 Å². The highest BCUT2D eigenvalue weighted by Crippen LogP contribution is 2.22. The van der Waals surface area contributed by atoms with E-state index in [4.69, 9.17) is 9.84 Å². The van der Waals surface area contributed by atoms with Crippen LogP contribution in [0.2, 0.25) is 0 Å². The summed E-state index contributed by atoms with van der Waals surface area (Å²) in [6.45, 7) is 0.921. The van der Waals surface area contributed by atoms with Crippen molar-refractivity contribution in [3.05, 3.63) is 46.1 Å². The van der Waals surface area contributed by atoms with Gasteiger partial charge in [0.2, 0.25) is 0 Å². The molecule has 11 heteroatoms. The summed E-state index contributed by atoms with van der Waals surface area (Å²) in [5.41, 5.74) is -2.58. The van der Waals surface area contributed by atoms with Gasteiger partial charge in [0.25, 0.3) is 0 Å². The third-order valence-corrected chi connectivity index (χ3v) is 4.48. The van der Waals surface area contributed by atoms with Gasteiger partial charge in [0, 0.05) is 22.3 Å². The zero-order chi connectivity index (χ0) is 25.1. The summed E-state index contributed by atoms with van der Waals surface area (Å²) in [4.78, 5) is 46.4. The summed E-state index contributed by atoms with van der Waals surface area (Å²) in [6.07, 6.45) is 2.87. The molecule has 0 aromatic rings. The molecule has 6 N–H and O–H groups in total. The minimum absolute atomic E-state index is 0.136. The number of allylic oxidation sites excluding steroid dienone is 4. The zero-order valence-corrected chi connectivity index (χ0v) is 18.0. The van der Waals surface area contributed by atoms with Crippen LogP contribution in [0.3, 0.4) is 0 Å². The Kier molecular flexibility index (Phi) is 11.8. The normalized spacial score (nSPS) is 12.9. The van der Waals surface area contributed by atoms with Crippen molar-refractivity contribution in [1.29, 1.82) is 0 Å². The molecule has 0 aromatic carbocycles. The van der Waals surface area contributed by atoms with Crippen molar-refractivity contribution < 1.29 is 54.6 Å². The second kappa shape index (κ2) is 13.2. The summed E-state index contributed by atoms with van der Waals surface area (Å²) in [6, 6.07) is 0. The number of hydrogen-bond acceptors (Lipinski definition) is 8. The van der Waals surface area contributed by atoms with E-state index in [2.05, 4.69) is 0 Å². The van der Waals surface area contributed by atoms with Crippen LogP contribution < -0.4 is 0 Å². The summed E-state index contributed by atoms with van der Waals surface area (Å²) in [5.74, 6) is -5.03. The molecule has 0 aliphatic carbocycles. The lowest BCUT2D eigenvalue weighted by molar-refractivity contribution is -0.147. The average Bonchev–Trinajstić information content (AvgIpc) is 2.74. The first-order valence-electron chi connectivity index (χ1n) is 9.30. The van der Waals surface area contributed by atoms with Gasteiger partial charge in [0.05, 0.1) is 25.2 Å². The minimum Gasteiger partial charge on any atom is -0.478 e. The lowest BCUT2D eigenvalue weighted by Gasteiger charge is -2.26. The van der Waals surface area contributed by atoms with Crippen molar-refractivity contribution >= 4 is 23.9 Å². The highest BCUT2D eigenvalue weighted by molar-refractivity contribution is 5.94. The lowest BCUT2D eigenvalue weighted by Crippen LogP contribution is -2.39. The van der Waals surface area contributed by atoms with Gasteiger partial charge in [-0.3, -0.25) is 0 Å². The highest BCUT2D eigenvalue weighted by Gasteiger charge is 2.31. The second-order valence-corrected chi connectivity index (χ2v) is 7.15. The average molecular weight is 456 g/mol. The van der Waals surface area contributed by atoms with Crippen molar-refractivity contribution in [2.24, 2.45) is 5.41 Å². The molecule has 0 aliphatic heterocycles. The Labute approximate surface area is 184 Å². The van der Waals surface area contributed by atoms with Crippen LogP contribution in [0.4, 0.5) is 0 Å². The topological polar surface area (TPSA) is 199 Å². The number of rotatable bonds is 13. The molecule has 0 atom stereocenters. The molecular weight excluding hydrogens is 428 g/mol. The number of aliphatic hydroxyl groups is 3. The standard InChI is InChI=1S/C21H28O11/c1-12(17(25)26)4-5-16(20(31)32-11-21(8-22,9-23)10-24)15(6-13(2)18(27)28)7-14(3)19(29)30/h4,6-7,22-24H,5,8-11H2,1-3H3,(H,25,26)(H,27,28)(H,29,30). The smallest absolute Gasteiger partial charge is 0.334 e. The molecule has 0 fully saturated rings. The van der Waals surface area contributed by atoms with Crippen LogP contribution in [0.1, 0.15) is 27.2 Å². The molecule has 0 spiro atoms. The largest absolute Gasteiger partial charge is 0.478 e. The molecule has 0 heterocycles. The van der Waals surface area contributed by atoms with Crippen LogP contribution in [0.15, 0.2) is 46.1 Å². The number of esters is 1. The maximum absolute atomic E-state index is 12.8. The molecule has 178 valence electrons. The van der Waals surface area contributed by atoms with Crippen LogP contribution in [0.5, 0.6) is 0 Å². The van der Waals surface area contributed by atoms with E-state index in [1.165, 1.54) is 20.8 Å². The van der Waals surface area contributed by atoms with Gasteiger partial charge in [-0.25, -0.2) is 19.2 Å². The first-order chi connectivity index (χ1) is 14.8. The molecule has 0 bridgehead atoms. The molecule has 0 radical (unpaired) electrons. The van der Waals surface area contributed by atoms with Gasteiger partial charge in [0.15, 0.2) is 0 Å². The number of carbonyl (C=O) groups excluding carboxylic acids is 1. The second-order valence-electron chi connectivity index (χ2n) is 7.15. The number of ether oxygens (including phenoxy) is 1. The molecule has 0 unspecified atom stereocenters. The van der Waals surface area contributed by atoms with E-state index in [1.807, 2.05) is 0 Å². The summed E-state index contributed by atoms with van der Waals surface area (Å²) in [7, 11) is 0. The molecule has 32 heavy (non-hydrogen) atoms. The Morgan fingerprint density at radius 1 is 0.750 bits per heavy atom. The van der Waals surface area contributed by atoms with E-state index in [9.17, 15) is 44.7 Å². The third-order valence-electron chi connectivity index (χ3n) is 4.48. The molecule has 0 rings (SSSR count). The van der Waals surface area contributed by atoms with Gasteiger partial charge in [-0.1, -0.05) is 6.08 Å². The number of aliphatic hydroxyl groups excluding tert-OH is 3. The molecule has 0 saturated carbocycles. The van der Waals surface area contributed by atoms with Crippen molar-refractivity contribution in [3.8, 4) is 0 Å². The summed E-state index contributed by atoms with van der Waals surface area (Å²) >= 11 is 0. The molecule has 0 saturated heterocycles. The first kappa shape index (κ1) is 28.7. The van der Waals surface area contributed by atoms with Gasteiger partial charge in [-0.15, -0.1) is 0 Å². The number of aliphatic carboxylic acids is 3. The van der Waals surface area contributed by atoms with E-state index in [0.29, 0.717) is 0 Å². The maximum atomic E-state index is 12.8. The zero-order valence-electron chi connectivity index (χ0n) is 18.0. The van der Waals surface area contributed by atoms with E-state index < -0.39 is 55.7 Å². The summed E-state index contributed by atoms with van der Waals surface area (Å²) < 4.78 is 5.09. The SMILES string of the molecule is CC(=CCC(C(=O)OCC(CO)(CO)CO)=C(C=C(C)C(=O)O)C=C(C)C(=O)O)C(=O)O. The molecule has 0 aromatic heterocycles. The minimum atomic E-state index is -1.55. The van der Waals surface area contributed by atoms with Crippen molar-refractivity contribution in [2.45, 2.75) is 27.2 Å². The van der Waals surface area contributed by atoms with Crippen LogP contribution in [-0.2, 0) is 23.9 Å². The first-order valence-corrected chi connectivity index (χ1v) is 9.30. The van der Waals surface area contributed by atoms with Crippen LogP contribution in [-0.4, -0.2) is 80.9 Å². The summed E-state index contributed by atoms with van der Waals surface area (Å²) in [5, 5.41) is 55.6. The monoisotopic (exact) mass is 456 g/mol. The van der Waals surface area contributed by atoms with Gasteiger partial charge in [-0.2, -0.15) is 0 Å². The Morgan fingerprint density at radius 2 is 1.16 bits per heavy atom. The van der Waals surface area contributed by atoms with Gasteiger partial charge in [-0.05, 0) is 44.9 Å². The number of carboxylic acid groups (broad SMARTS) is 3. The van der Waals surface area contributed by atoms with Crippen molar-refractivity contribution in [1.82, 2.24) is 0 Å². The number of carbonyl (C=O) groups is 4. The van der Waals surface area contributed by atoms with E-state index in [0.717, 1.165) is 18.2 Å². The number of carboxylic acids is 3. The van der Waals surface area contributed by atoms with Crippen molar-refractivity contribution in [3.63, 3.8) is 0 Å². The van der Waals surface area contributed by atoms with E-state index >= 15 is 0 Å². The Balaban J connectivity index is 6.64. The van der Waals surface area contributed by atoms with Crippen LogP contribution in [0.25, 0.3) is 0 Å². The Bertz CT molecular complexity index is 815.